The number of rotatable bonds is 5. The molecule has 2 heterocycles. The number of hydrogen-bond acceptors (Lipinski definition) is 7. The quantitative estimate of drug-likeness (QED) is 0.217. The van der Waals surface area contributed by atoms with Gasteiger partial charge in [0.25, 0.3) is 0 Å². The van der Waals surface area contributed by atoms with E-state index in [1.807, 2.05) is 33.8 Å². The molecule has 0 spiro atoms. The van der Waals surface area contributed by atoms with Crippen LogP contribution < -0.4 is 0 Å². The van der Waals surface area contributed by atoms with E-state index in [9.17, 15) is 14.4 Å². The first kappa shape index (κ1) is 27.4. The van der Waals surface area contributed by atoms with E-state index in [0.29, 0.717) is 40.7 Å². The van der Waals surface area contributed by atoms with Gasteiger partial charge in [-0.15, -0.1) is 0 Å². The Balaban J connectivity index is 1.92. The molecule has 1 aliphatic carbocycles. The number of benzene rings is 1. The average Bonchev–Trinajstić information content (AvgIpc) is 3.39. The molecule has 0 atom stereocenters. The lowest BCUT2D eigenvalue weighted by Gasteiger charge is -2.30. The van der Waals surface area contributed by atoms with Gasteiger partial charge in [0, 0.05) is 10.9 Å². The Labute approximate surface area is 223 Å². The molecule has 9 heteroatoms. The third-order valence-electron chi connectivity index (χ3n) is 6.73. The smallest absolute Gasteiger partial charge is 0.435 e. The van der Waals surface area contributed by atoms with Gasteiger partial charge in [0.2, 0.25) is 0 Å². The van der Waals surface area contributed by atoms with Crippen LogP contribution in [0.5, 0.6) is 0 Å². The maximum absolute atomic E-state index is 13.4. The molecule has 0 saturated heterocycles. The Morgan fingerprint density at radius 3 is 2.50 bits per heavy atom. The van der Waals surface area contributed by atoms with Crippen molar-refractivity contribution in [3.05, 3.63) is 41.1 Å². The first-order chi connectivity index (χ1) is 17.8. The van der Waals surface area contributed by atoms with E-state index in [1.165, 1.54) is 16.4 Å². The Kier molecular flexibility index (Phi) is 7.41. The van der Waals surface area contributed by atoms with Crippen LogP contribution in [0.4, 0.5) is 9.59 Å². The molecule has 0 unspecified atom stereocenters. The van der Waals surface area contributed by atoms with Crippen molar-refractivity contribution in [2.45, 2.75) is 79.2 Å². The number of hydrogen-bond donors (Lipinski definition) is 0. The van der Waals surface area contributed by atoms with Crippen LogP contribution >= 0.6 is 0 Å². The van der Waals surface area contributed by atoms with E-state index < -0.39 is 23.8 Å². The van der Waals surface area contributed by atoms with Gasteiger partial charge in [-0.2, -0.15) is 9.78 Å². The van der Waals surface area contributed by atoms with Crippen LogP contribution in [0.3, 0.4) is 0 Å². The van der Waals surface area contributed by atoms with Crippen molar-refractivity contribution >= 4 is 29.1 Å². The molecule has 204 valence electrons. The second kappa shape index (κ2) is 10.3. The zero-order valence-corrected chi connectivity index (χ0v) is 23.3. The number of carbonyl (C=O) groups is 3. The Morgan fingerprint density at radius 1 is 1.11 bits per heavy atom. The molecule has 0 bridgehead atoms. The van der Waals surface area contributed by atoms with Crippen molar-refractivity contribution in [2.24, 2.45) is 5.41 Å². The molecule has 3 aromatic rings. The van der Waals surface area contributed by atoms with E-state index in [4.69, 9.17) is 19.3 Å². The minimum Gasteiger partial charge on any atom is -0.465 e. The summed E-state index contributed by atoms with van der Waals surface area (Å²) in [6, 6.07) is 6.81. The molecule has 38 heavy (non-hydrogen) atoms. The number of fused-ring (bicyclic) bond motifs is 2. The largest absolute Gasteiger partial charge is 0.465 e. The standard InChI is InChI=1S/C29H37N3O6/c1-8-9-14-37-26(34)31-21-11-10-18(25(33)36-7)15-19(21)16-22(31)24-20-12-13-29(5,6)17-23(20)32(30-24)27(35)38-28(2,3)4/h10-11,15-16H,8-9,12-14,17H2,1-7H3. The van der Waals surface area contributed by atoms with Crippen molar-refractivity contribution in [2.75, 3.05) is 13.7 Å². The summed E-state index contributed by atoms with van der Waals surface area (Å²) in [4.78, 5) is 38.8. The fourth-order valence-corrected chi connectivity index (χ4v) is 4.80. The first-order valence-corrected chi connectivity index (χ1v) is 13.1. The lowest BCUT2D eigenvalue weighted by atomic mass is 9.76. The lowest BCUT2D eigenvalue weighted by molar-refractivity contribution is 0.0505. The van der Waals surface area contributed by atoms with Crippen LogP contribution in [0.15, 0.2) is 24.3 Å². The Bertz CT molecular complexity index is 1390. The molecule has 1 aromatic carbocycles. The molecular formula is C29H37N3O6. The normalized spacial score (nSPS) is 14.7. The highest BCUT2D eigenvalue weighted by molar-refractivity contribution is 6.00. The molecule has 1 aliphatic rings. The summed E-state index contributed by atoms with van der Waals surface area (Å²) in [5, 5.41) is 5.40. The number of methoxy groups -OCH3 is 1. The van der Waals surface area contributed by atoms with Crippen LogP contribution in [0, 0.1) is 5.41 Å². The first-order valence-electron chi connectivity index (χ1n) is 13.1. The molecule has 0 amide bonds. The number of esters is 1. The van der Waals surface area contributed by atoms with Crippen LogP contribution in [0.25, 0.3) is 22.3 Å². The number of aromatic nitrogens is 3. The molecule has 0 fully saturated rings. The summed E-state index contributed by atoms with van der Waals surface area (Å²) in [7, 11) is 1.32. The zero-order chi connectivity index (χ0) is 27.8. The van der Waals surface area contributed by atoms with E-state index in [2.05, 4.69) is 13.8 Å². The summed E-state index contributed by atoms with van der Waals surface area (Å²) in [6.07, 6.45) is 2.77. The summed E-state index contributed by atoms with van der Waals surface area (Å²) < 4.78 is 19.0. The fourth-order valence-electron chi connectivity index (χ4n) is 4.80. The van der Waals surface area contributed by atoms with Crippen molar-refractivity contribution < 1.29 is 28.6 Å². The summed E-state index contributed by atoms with van der Waals surface area (Å²) in [6.45, 7) is 12.1. The molecule has 0 radical (unpaired) electrons. The van der Waals surface area contributed by atoms with Crippen LogP contribution in [0.1, 0.15) is 82.4 Å². The maximum atomic E-state index is 13.4. The molecule has 0 N–H and O–H groups in total. The molecule has 9 nitrogen and oxygen atoms in total. The predicted octanol–water partition coefficient (Wildman–Crippen LogP) is 6.37. The lowest BCUT2D eigenvalue weighted by Crippen LogP contribution is -2.31. The minimum absolute atomic E-state index is 0.0225. The minimum atomic E-state index is -0.692. The molecule has 0 saturated carbocycles. The van der Waals surface area contributed by atoms with Gasteiger partial charge < -0.3 is 14.2 Å². The van der Waals surface area contributed by atoms with Crippen molar-refractivity contribution in [1.29, 1.82) is 0 Å². The van der Waals surface area contributed by atoms with E-state index in [0.717, 1.165) is 30.5 Å². The number of nitrogens with zero attached hydrogens (tertiary/aromatic N) is 3. The zero-order valence-electron chi connectivity index (χ0n) is 23.3. The van der Waals surface area contributed by atoms with Crippen LogP contribution in [-0.4, -0.2) is 51.8 Å². The average molecular weight is 524 g/mol. The molecule has 2 aromatic heterocycles. The third-order valence-corrected chi connectivity index (χ3v) is 6.73. The van der Waals surface area contributed by atoms with E-state index >= 15 is 0 Å². The second-order valence-corrected chi connectivity index (χ2v) is 11.6. The van der Waals surface area contributed by atoms with Crippen LogP contribution in [-0.2, 0) is 27.1 Å². The van der Waals surface area contributed by atoms with Gasteiger partial charge in [0.05, 0.1) is 36.2 Å². The second-order valence-electron chi connectivity index (χ2n) is 11.6. The number of ether oxygens (including phenoxy) is 3. The Morgan fingerprint density at radius 2 is 1.84 bits per heavy atom. The third kappa shape index (κ3) is 5.47. The highest BCUT2D eigenvalue weighted by Gasteiger charge is 2.35. The maximum Gasteiger partial charge on any atom is 0.435 e. The van der Waals surface area contributed by atoms with Crippen molar-refractivity contribution in [3.63, 3.8) is 0 Å². The SMILES string of the molecule is CCCCOC(=O)n1c(-c2nn(C(=O)OC(C)(C)C)c3c2CCC(C)(C)C3)cc2cc(C(=O)OC)ccc21. The predicted molar refractivity (Wildman–Crippen MR) is 144 cm³/mol. The summed E-state index contributed by atoms with van der Waals surface area (Å²) >= 11 is 0. The van der Waals surface area contributed by atoms with E-state index in [-0.39, 0.29) is 12.0 Å². The highest BCUT2D eigenvalue weighted by Crippen LogP contribution is 2.40. The van der Waals surface area contributed by atoms with Gasteiger partial charge in [-0.25, -0.2) is 19.0 Å². The molecule has 4 rings (SSSR count). The molecular weight excluding hydrogens is 486 g/mol. The number of carbonyl (C=O) groups excluding carboxylic acids is 3. The van der Waals surface area contributed by atoms with Gasteiger partial charge >= 0.3 is 18.2 Å². The van der Waals surface area contributed by atoms with Gasteiger partial charge in [-0.1, -0.05) is 27.2 Å². The monoisotopic (exact) mass is 523 g/mol. The Hall–Kier alpha value is -3.62. The van der Waals surface area contributed by atoms with Gasteiger partial charge in [-0.05, 0) is 76.1 Å². The van der Waals surface area contributed by atoms with Gasteiger partial charge in [-0.3, -0.25) is 0 Å². The topological polar surface area (TPSA) is 102 Å². The van der Waals surface area contributed by atoms with Crippen molar-refractivity contribution in [1.82, 2.24) is 14.3 Å². The summed E-state index contributed by atoms with van der Waals surface area (Å²) in [5.41, 5.74) is 2.96. The fraction of sp³-hybridized carbons (Fsp3) is 0.517. The van der Waals surface area contributed by atoms with Crippen molar-refractivity contribution in [3.8, 4) is 11.4 Å². The van der Waals surface area contributed by atoms with Crippen LogP contribution in [0.2, 0.25) is 0 Å². The van der Waals surface area contributed by atoms with Gasteiger partial charge in [0.15, 0.2) is 0 Å². The van der Waals surface area contributed by atoms with E-state index in [1.54, 1.807) is 18.2 Å². The molecule has 0 aliphatic heterocycles. The summed E-state index contributed by atoms with van der Waals surface area (Å²) in [5.74, 6) is -0.472. The number of unbranched alkanes of at least 4 members (excludes halogenated alkanes) is 1. The van der Waals surface area contributed by atoms with Gasteiger partial charge in [0.1, 0.15) is 11.3 Å². The highest BCUT2D eigenvalue weighted by atomic mass is 16.6.